The SMILES string of the molecule is CCCCCCCCCCCCCCCCCC/C=C\CCCCCCCCCCCCCCCCCCCC(=O)NC(CO)C(O)CCCCCCCCCCCCCCCC. The van der Waals surface area contributed by atoms with Crippen molar-refractivity contribution in [2.24, 2.45) is 0 Å². The smallest absolute Gasteiger partial charge is 0.220 e. The molecule has 0 saturated heterocycles. The molecular weight excluding hydrogens is 771 g/mol. The van der Waals surface area contributed by atoms with E-state index >= 15 is 0 Å². The predicted molar refractivity (Wildman–Crippen MR) is 281 cm³/mol. The summed E-state index contributed by atoms with van der Waals surface area (Å²) < 4.78 is 0. The van der Waals surface area contributed by atoms with Crippen LogP contribution in [-0.4, -0.2) is 34.9 Å². The molecule has 4 nitrogen and oxygen atoms in total. The molecule has 0 aromatic carbocycles. The molecule has 1 amide bonds. The summed E-state index contributed by atoms with van der Waals surface area (Å²) in [4.78, 5) is 12.5. The van der Waals surface area contributed by atoms with E-state index in [-0.39, 0.29) is 12.5 Å². The number of amides is 1. The Morgan fingerprint density at radius 1 is 0.365 bits per heavy atom. The molecule has 2 atom stereocenters. The van der Waals surface area contributed by atoms with Crippen molar-refractivity contribution in [3.05, 3.63) is 12.2 Å². The largest absolute Gasteiger partial charge is 0.394 e. The number of hydrogen-bond acceptors (Lipinski definition) is 3. The zero-order valence-electron chi connectivity index (χ0n) is 43.4. The van der Waals surface area contributed by atoms with E-state index in [0.717, 1.165) is 25.7 Å². The van der Waals surface area contributed by atoms with E-state index in [1.165, 1.54) is 289 Å². The minimum Gasteiger partial charge on any atom is -0.394 e. The van der Waals surface area contributed by atoms with E-state index in [1.54, 1.807) is 0 Å². The van der Waals surface area contributed by atoms with Crippen molar-refractivity contribution in [2.45, 2.75) is 353 Å². The van der Waals surface area contributed by atoms with Gasteiger partial charge in [-0.2, -0.15) is 0 Å². The molecular formula is C59H117NO3. The van der Waals surface area contributed by atoms with Gasteiger partial charge in [0, 0.05) is 6.42 Å². The Hall–Kier alpha value is -0.870. The summed E-state index contributed by atoms with van der Waals surface area (Å²) in [6.45, 7) is 4.39. The molecule has 0 heterocycles. The molecule has 0 aromatic heterocycles. The van der Waals surface area contributed by atoms with Gasteiger partial charge in [0.25, 0.3) is 0 Å². The summed E-state index contributed by atoms with van der Waals surface area (Å²) in [6.07, 6.45) is 72.3. The Labute approximate surface area is 397 Å². The molecule has 0 aliphatic carbocycles. The fourth-order valence-corrected chi connectivity index (χ4v) is 9.54. The van der Waals surface area contributed by atoms with Crippen LogP contribution in [0.15, 0.2) is 12.2 Å². The minimum atomic E-state index is -0.655. The summed E-state index contributed by atoms with van der Waals surface area (Å²) in [7, 11) is 0. The number of unbranched alkanes of at least 4 members (excludes halogenated alkanes) is 46. The summed E-state index contributed by atoms with van der Waals surface area (Å²) in [6, 6.07) is -0.532. The minimum absolute atomic E-state index is 0.0250. The third-order valence-electron chi connectivity index (χ3n) is 14.0. The zero-order chi connectivity index (χ0) is 45.6. The van der Waals surface area contributed by atoms with Gasteiger partial charge in [-0.05, 0) is 38.5 Å². The second-order valence-electron chi connectivity index (χ2n) is 20.4. The van der Waals surface area contributed by atoms with E-state index in [4.69, 9.17) is 0 Å². The second kappa shape index (κ2) is 55.5. The predicted octanol–water partition coefficient (Wildman–Crippen LogP) is 19.3. The first-order chi connectivity index (χ1) is 31.2. The maximum absolute atomic E-state index is 12.5. The Bertz CT molecular complexity index is 875. The number of aliphatic hydroxyl groups excluding tert-OH is 2. The van der Waals surface area contributed by atoms with Gasteiger partial charge in [-0.3, -0.25) is 4.79 Å². The normalized spacial score (nSPS) is 12.8. The Kier molecular flexibility index (Phi) is 54.7. The van der Waals surface area contributed by atoms with Crippen molar-refractivity contribution in [3.63, 3.8) is 0 Å². The van der Waals surface area contributed by atoms with Gasteiger partial charge in [-0.15, -0.1) is 0 Å². The molecule has 0 aliphatic heterocycles. The van der Waals surface area contributed by atoms with Crippen molar-refractivity contribution < 1.29 is 15.0 Å². The molecule has 63 heavy (non-hydrogen) atoms. The molecule has 0 radical (unpaired) electrons. The fraction of sp³-hybridized carbons (Fsp3) is 0.949. The van der Waals surface area contributed by atoms with Gasteiger partial charge in [0.15, 0.2) is 0 Å². The lowest BCUT2D eigenvalue weighted by atomic mass is 10.0. The second-order valence-corrected chi connectivity index (χ2v) is 20.4. The first kappa shape index (κ1) is 62.1. The molecule has 0 aromatic rings. The van der Waals surface area contributed by atoms with Gasteiger partial charge >= 0.3 is 0 Å². The third-order valence-corrected chi connectivity index (χ3v) is 14.0. The van der Waals surface area contributed by atoms with Crippen LogP contribution in [0.1, 0.15) is 341 Å². The molecule has 3 N–H and O–H groups in total. The van der Waals surface area contributed by atoms with Crippen molar-refractivity contribution in [1.82, 2.24) is 5.32 Å². The number of rotatable bonds is 55. The number of aliphatic hydroxyl groups is 2. The number of nitrogens with one attached hydrogen (secondary N) is 1. The van der Waals surface area contributed by atoms with Crippen molar-refractivity contribution in [3.8, 4) is 0 Å². The van der Waals surface area contributed by atoms with Crippen LogP contribution < -0.4 is 5.32 Å². The molecule has 0 rings (SSSR count). The van der Waals surface area contributed by atoms with Gasteiger partial charge in [-0.25, -0.2) is 0 Å². The fourth-order valence-electron chi connectivity index (χ4n) is 9.54. The lowest BCUT2D eigenvalue weighted by Gasteiger charge is -2.22. The van der Waals surface area contributed by atoms with Gasteiger partial charge < -0.3 is 15.5 Å². The van der Waals surface area contributed by atoms with Crippen LogP contribution in [0.25, 0.3) is 0 Å². The molecule has 376 valence electrons. The number of allylic oxidation sites excluding steroid dienone is 2. The van der Waals surface area contributed by atoms with E-state index in [1.807, 2.05) is 0 Å². The molecule has 0 bridgehead atoms. The standard InChI is InChI=1S/C59H117NO3/c1-3-5-7-9-11-13-15-17-19-20-21-22-23-24-25-26-27-28-29-30-31-32-33-34-35-36-37-38-39-40-41-43-45-47-49-51-53-55-59(63)60-57(56-61)58(62)54-52-50-48-46-44-42-18-16-14-12-10-8-6-4-2/h28-29,57-58,61-62H,3-27,30-56H2,1-2H3,(H,60,63)/b29-28-. The van der Waals surface area contributed by atoms with Crippen LogP contribution in [0.3, 0.4) is 0 Å². The Morgan fingerprint density at radius 2 is 0.603 bits per heavy atom. The monoisotopic (exact) mass is 888 g/mol. The number of carbonyl (C=O) groups is 1. The molecule has 2 unspecified atom stereocenters. The highest BCUT2D eigenvalue weighted by Crippen LogP contribution is 2.18. The average molecular weight is 889 g/mol. The van der Waals surface area contributed by atoms with Crippen molar-refractivity contribution in [2.75, 3.05) is 6.61 Å². The van der Waals surface area contributed by atoms with Crippen molar-refractivity contribution >= 4 is 5.91 Å². The average Bonchev–Trinajstić information content (AvgIpc) is 3.29. The summed E-state index contributed by atoms with van der Waals surface area (Å²) >= 11 is 0. The third kappa shape index (κ3) is 52.0. The highest BCUT2D eigenvalue weighted by Gasteiger charge is 2.20. The van der Waals surface area contributed by atoms with E-state index in [2.05, 4.69) is 31.3 Å². The molecule has 0 aliphatic rings. The maximum Gasteiger partial charge on any atom is 0.220 e. The summed E-state index contributed by atoms with van der Waals surface area (Å²) in [5, 5.41) is 23.3. The van der Waals surface area contributed by atoms with Crippen LogP contribution in [0, 0.1) is 0 Å². The quantitative estimate of drug-likeness (QED) is 0.0421. The highest BCUT2D eigenvalue weighted by molar-refractivity contribution is 5.76. The number of carbonyl (C=O) groups excluding carboxylic acids is 1. The molecule has 4 heteroatoms. The van der Waals surface area contributed by atoms with E-state index in [9.17, 15) is 15.0 Å². The summed E-state index contributed by atoms with van der Waals surface area (Å²) in [5.74, 6) is -0.0250. The Balaban J connectivity index is 3.35. The first-order valence-electron chi connectivity index (χ1n) is 29.4. The topological polar surface area (TPSA) is 69.6 Å². The molecule has 0 fully saturated rings. The van der Waals surface area contributed by atoms with Crippen LogP contribution >= 0.6 is 0 Å². The molecule has 0 saturated carbocycles. The van der Waals surface area contributed by atoms with Crippen LogP contribution in [-0.2, 0) is 4.79 Å². The van der Waals surface area contributed by atoms with E-state index < -0.39 is 12.1 Å². The highest BCUT2D eigenvalue weighted by atomic mass is 16.3. The maximum atomic E-state index is 12.5. The van der Waals surface area contributed by atoms with Gasteiger partial charge in [0.2, 0.25) is 5.91 Å². The van der Waals surface area contributed by atoms with Crippen LogP contribution in [0.2, 0.25) is 0 Å². The Morgan fingerprint density at radius 3 is 0.873 bits per heavy atom. The van der Waals surface area contributed by atoms with Gasteiger partial charge in [0.1, 0.15) is 0 Å². The van der Waals surface area contributed by atoms with Gasteiger partial charge in [-0.1, -0.05) is 309 Å². The summed E-state index contributed by atoms with van der Waals surface area (Å²) in [5.41, 5.74) is 0. The lowest BCUT2D eigenvalue weighted by molar-refractivity contribution is -0.123. The van der Waals surface area contributed by atoms with Crippen LogP contribution in [0.4, 0.5) is 0 Å². The zero-order valence-corrected chi connectivity index (χ0v) is 43.4. The van der Waals surface area contributed by atoms with Gasteiger partial charge in [0.05, 0.1) is 18.8 Å². The first-order valence-corrected chi connectivity index (χ1v) is 29.4. The van der Waals surface area contributed by atoms with Crippen molar-refractivity contribution in [1.29, 1.82) is 0 Å². The lowest BCUT2D eigenvalue weighted by Crippen LogP contribution is -2.45. The molecule has 0 spiro atoms. The van der Waals surface area contributed by atoms with Crippen LogP contribution in [0.5, 0.6) is 0 Å². The number of hydrogen-bond donors (Lipinski definition) is 3. The van der Waals surface area contributed by atoms with E-state index in [0.29, 0.717) is 12.8 Å².